The van der Waals surface area contributed by atoms with Crippen molar-refractivity contribution in [1.29, 1.82) is 0 Å². The summed E-state index contributed by atoms with van der Waals surface area (Å²) in [4.78, 5) is 35.8. The smallest absolute Gasteiger partial charge is 0.254 e. The van der Waals surface area contributed by atoms with Gasteiger partial charge in [0.05, 0.1) is 17.9 Å². The SMILES string of the molecule is NC(=O)c1cnn2c([C@@H]3CCCCN3C(=O)c3ccnc(Cc4ccccc4F)c3)ccnc12. The number of nitrogens with two attached hydrogens (primary N) is 1. The first-order valence-corrected chi connectivity index (χ1v) is 11.1. The lowest BCUT2D eigenvalue weighted by Gasteiger charge is -2.36. The fourth-order valence-corrected chi connectivity index (χ4v) is 4.53. The van der Waals surface area contributed by atoms with E-state index in [9.17, 15) is 14.0 Å². The second kappa shape index (κ2) is 9.01. The molecule has 2 amide bonds. The fraction of sp³-hybridized carbons (Fsp3) is 0.240. The van der Waals surface area contributed by atoms with Crippen molar-refractivity contribution in [2.75, 3.05) is 6.54 Å². The molecule has 2 N–H and O–H groups in total. The molecule has 0 spiro atoms. The Kier molecular flexibility index (Phi) is 5.75. The standard InChI is InChI=1S/C25H23FN6O2/c26-20-6-2-1-5-16(20)13-18-14-17(8-10-28-18)25(34)31-12-4-3-7-21(31)22-9-11-29-24-19(23(27)33)15-30-32(22)24/h1-2,5-6,8-11,14-15,21H,3-4,7,12-13H2,(H2,27,33)/t21-/m0/s1. The maximum absolute atomic E-state index is 14.1. The third-order valence-electron chi connectivity index (χ3n) is 6.19. The molecule has 1 aliphatic rings. The minimum atomic E-state index is -0.601. The van der Waals surface area contributed by atoms with Gasteiger partial charge >= 0.3 is 0 Å². The zero-order chi connectivity index (χ0) is 23.7. The third-order valence-corrected chi connectivity index (χ3v) is 6.19. The van der Waals surface area contributed by atoms with Crippen LogP contribution in [-0.2, 0) is 6.42 Å². The highest BCUT2D eigenvalue weighted by atomic mass is 19.1. The maximum Gasteiger partial charge on any atom is 0.254 e. The molecule has 0 aliphatic carbocycles. The molecular weight excluding hydrogens is 435 g/mol. The number of aromatic nitrogens is 4. The van der Waals surface area contributed by atoms with Gasteiger partial charge in [-0.1, -0.05) is 18.2 Å². The Bertz CT molecular complexity index is 1380. The van der Waals surface area contributed by atoms with Crippen molar-refractivity contribution in [3.63, 3.8) is 0 Å². The van der Waals surface area contributed by atoms with Crippen LogP contribution in [0.4, 0.5) is 4.39 Å². The number of fused-ring (bicyclic) bond motifs is 1. The first kappa shape index (κ1) is 21.7. The van der Waals surface area contributed by atoms with Crippen LogP contribution in [0.2, 0.25) is 0 Å². The molecule has 5 rings (SSSR count). The van der Waals surface area contributed by atoms with E-state index in [4.69, 9.17) is 5.73 Å². The lowest BCUT2D eigenvalue weighted by Crippen LogP contribution is -2.39. The molecule has 0 radical (unpaired) electrons. The molecule has 1 fully saturated rings. The van der Waals surface area contributed by atoms with Crippen LogP contribution in [0.3, 0.4) is 0 Å². The Morgan fingerprint density at radius 2 is 1.91 bits per heavy atom. The lowest BCUT2D eigenvalue weighted by molar-refractivity contribution is 0.0602. The van der Waals surface area contributed by atoms with Gasteiger partial charge in [-0.3, -0.25) is 14.6 Å². The number of carbonyl (C=O) groups is 2. The summed E-state index contributed by atoms with van der Waals surface area (Å²) in [5, 5.41) is 4.32. The molecule has 4 aromatic rings. The second-order valence-corrected chi connectivity index (χ2v) is 8.34. The van der Waals surface area contributed by atoms with E-state index in [-0.39, 0.29) is 23.3 Å². The molecule has 4 heterocycles. The molecule has 0 unspecified atom stereocenters. The van der Waals surface area contributed by atoms with Gasteiger partial charge < -0.3 is 10.6 Å². The van der Waals surface area contributed by atoms with Gasteiger partial charge in [-0.15, -0.1) is 0 Å². The summed E-state index contributed by atoms with van der Waals surface area (Å²) in [5.41, 5.74) is 8.48. The maximum atomic E-state index is 14.1. The number of rotatable bonds is 5. The van der Waals surface area contributed by atoms with Crippen molar-refractivity contribution in [2.24, 2.45) is 5.73 Å². The van der Waals surface area contributed by atoms with Crippen LogP contribution in [0, 0.1) is 5.82 Å². The van der Waals surface area contributed by atoms with E-state index in [0.717, 1.165) is 25.0 Å². The van der Waals surface area contributed by atoms with Crippen molar-refractivity contribution < 1.29 is 14.0 Å². The van der Waals surface area contributed by atoms with Crippen LogP contribution in [-0.4, -0.2) is 42.8 Å². The van der Waals surface area contributed by atoms with Crippen molar-refractivity contribution in [3.8, 4) is 0 Å². The average Bonchev–Trinajstić information content (AvgIpc) is 3.30. The number of halogens is 1. The first-order valence-electron chi connectivity index (χ1n) is 11.1. The van der Waals surface area contributed by atoms with Gasteiger partial charge in [0.15, 0.2) is 5.65 Å². The number of amides is 2. The molecule has 172 valence electrons. The van der Waals surface area contributed by atoms with Gasteiger partial charge in [-0.2, -0.15) is 5.10 Å². The minimum absolute atomic E-state index is 0.130. The van der Waals surface area contributed by atoms with E-state index < -0.39 is 5.91 Å². The molecular formula is C25H23FN6O2. The summed E-state index contributed by atoms with van der Waals surface area (Å²) < 4.78 is 15.7. The second-order valence-electron chi connectivity index (χ2n) is 8.34. The van der Waals surface area contributed by atoms with Crippen molar-refractivity contribution in [1.82, 2.24) is 24.5 Å². The molecule has 34 heavy (non-hydrogen) atoms. The number of hydrogen-bond acceptors (Lipinski definition) is 5. The number of benzene rings is 1. The van der Waals surface area contributed by atoms with E-state index in [1.807, 2.05) is 11.0 Å². The van der Waals surface area contributed by atoms with Gasteiger partial charge in [0, 0.05) is 36.6 Å². The predicted molar refractivity (Wildman–Crippen MR) is 123 cm³/mol. The molecule has 0 bridgehead atoms. The monoisotopic (exact) mass is 458 g/mol. The molecule has 1 atom stereocenters. The molecule has 0 saturated carbocycles. The van der Waals surface area contributed by atoms with Crippen LogP contribution < -0.4 is 5.73 Å². The van der Waals surface area contributed by atoms with Gasteiger partial charge in [0.2, 0.25) is 0 Å². The molecule has 1 saturated heterocycles. The molecule has 3 aromatic heterocycles. The molecule has 8 nitrogen and oxygen atoms in total. The van der Waals surface area contributed by atoms with Crippen LogP contribution in [0.5, 0.6) is 0 Å². The van der Waals surface area contributed by atoms with Crippen molar-refractivity contribution in [2.45, 2.75) is 31.7 Å². The summed E-state index contributed by atoms with van der Waals surface area (Å²) in [5.74, 6) is -1.03. The Labute approximate surface area is 195 Å². The van der Waals surface area contributed by atoms with Crippen LogP contribution in [0.1, 0.15) is 63.0 Å². The summed E-state index contributed by atoms with van der Waals surface area (Å²) in [7, 11) is 0. The van der Waals surface area contributed by atoms with Crippen LogP contribution in [0.25, 0.3) is 5.65 Å². The van der Waals surface area contributed by atoms with Gasteiger partial charge in [-0.05, 0) is 49.1 Å². The number of likely N-dealkylation sites (tertiary alicyclic amines) is 1. The Balaban J connectivity index is 1.46. The van der Waals surface area contributed by atoms with Gasteiger partial charge in [0.25, 0.3) is 11.8 Å². The zero-order valence-electron chi connectivity index (χ0n) is 18.4. The predicted octanol–water partition coefficient (Wildman–Crippen LogP) is 3.32. The van der Waals surface area contributed by atoms with E-state index in [1.165, 1.54) is 12.3 Å². The average molecular weight is 458 g/mol. The number of primary amides is 1. The minimum Gasteiger partial charge on any atom is -0.365 e. The number of pyridine rings is 1. The molecule has 1 aliphatic heterocycles. The van der Waals surface area contributed by atoms with Crippen molar-refractivity contribution >= 4 is 17.5 Å². The van der Waals surface area contributed by atoms with Crippen LogP contribution in [0.15, 0.2) is 61.1 Å². The third kappa shape index (κ3) is 4.00. The van der Waals surface area contributed by atoms with Crippen LogP contribution >= 0.6 is 0 Å². The zero-order valence-corrected chi connectivity index (χ0v) is 18.4. The fourth-order valence-electron chi connectivity index (χ4n) is 4.53. The Hall–Kier alpha value is -4.14. The number of nitrogens with zero attached hydrogens (tertiary/aromatic N) is 5. The summed E-state index contributed by atoms with van der Waals surface area (Å²) in [6, 6.07) is 11.5. The quantitative estimate of drug-likeness (QED) is 0.494. The molecule has 1 aromatic carbocycles. The summed E-state index contributed by atoms with van der Waals surface area (Å²) in [6.07, 6.45) is 7.48. The van der Waals surface area contributed by atoms with E-state index in [0.29, 0.717) is 35.4 Å². The van der Waals surface area contributed by atoms with E-state index in [2.05, 4.69) is 15.1 Å². The van der Waals surface area contributed by atoms with Crippen molar-refractivity contribution in [3.05, 3.63) is 95.0 Å². The summed E-state index contributed by atoms with van der Waals surface area (Å²) >= 11 is 0. The largest absolute Gasteiger partial charge is 0.365 e. The van der Waals surface area contributed by atoms with E-state index >= 15 is 0 Å². The number of hydrogen-bond donors (Lipinski definition) is 1. The topological polar surface area (TPSA) is 106 Å². The Morgan fingerprint density at radius 3 is 2.74 bits per heavy atom. The first-order chi connectivity index (χ1) is 16.5. The normalized spacial score (nSPS) is 16.0. The molecule has 9 heteroatoms. The highest BCUT2D eigenvalue weighted by molar-refractivity contribution is 5.98. The lowest BCUT2D eigenvalue weighted by atomic mass is 9.97. The van der Waals surface area contributed by atoms with Gasteiger partial charge in [0.1, 0.15) is 11.4 Å². The Morgan fingerprint density at radius 1 is 1.09 bits per heavy atom. The van der Waals surface area contributed by atoms with E-state index in [1.54, 1.807) is 47.2 Å². The highest BCUT2D eigenvalue weighted by Gasteiger charge is 2.31. The highest BCUT2D eigenvalue weighted by Crippen LogP contribution is 2.32. The number of carbonyl (C=O) groups excluding carboxylic acids is 2. The number of piperidine rings is 1. The summed E-state index contributed by atoms with van der Waals surface area (Å²) in [6.45, 7) is 0.586. The van der Waals surface area contributed by atoms with Gasteiger partial charge in [-0.25, -0.2) is 13.9 Å².